The lowest BCUT2D eigenvalue weighted by Crippen LogP contribution is -2.25. The highest BCUT2D eigenvalue weighted by Gasteiger charge is 2.07. The van der Waals surface area contributed by atoms with E-state index in [2.05, 4.69) is 24.1 Å². The van der Waals surface area contributed by atoms with E-state index in [1.807, 2.05) is 19.0 Å². The summed E-state index contributed by atoms with van der Waals surface area (Å²) in [5.41, 5.74) is 0.660. The van der Waals surface area contributed by atoms with E-state index in [9.17, 15) is 4.79 Å². The van der Waals surface area contributed by atoms with Gasteiger partial charge in [-0.05, 0) is 24.5 Å². The quantitative estimate of drug-likeness (QED) is 0.848. The Hall–Kier alpha value is -1.58. The third kappa shape index (κ3) is 4.43. The van der Waals surface area contributed by atoms with Gasteiger partial charge < -0.3 is 10.2 Å². The lowest BCUT2D eigenvalue weighted by molar-refractivity contribution is 0.0952. The second-order valence-electron chi connectivity index (χ2n) is 4.74. The van der Waals surface area contributed by atoms with Gasteiger partial charge in [0, 0.05) is 32.4 Å². The molecule has 0 saturated heterocycles. The molecule has 1 rings (SSSR count). The summed E-state index contributed by atoms with van der Waals surface area (Å²) in [5, 5.41) is 2.91. The van der Waals surface area contributed by atoms with Gasteiger partial charge in [0.15, 0.2) is 0 Å². The molecule has 0 atom stereocenters. The average molecular weight is 235 g/mol. The molecule has 0 aromatic carbocycles. The number of rotatable bonds is 5. The molecule has 1 aromatic rings. The molecule has 0 aliphatic heterocycles. The Morgan fingerprint density at radius 1 is 1.47 bits per heavy atom. The van der Waals surface area contributed by atoms with Crippen molar-refractivity contribution in [3.05, 3.63) is 23.9 Å². The van der Waals surface area contributed by atoms with Gasteiger partial charge >= 0.3 is 0 Å². The van der Waals surface area contributed by atoms with E-state index < -0.39 is 0 Å². The molecule has 1 heterocycles. The lowest BCUT2D eigenvalue weighted by Gasteiger charge is -2.12. The minimum atomic E-state index is -0.0313. The number of carbonyl (C=O) groups excluding carboxylic acids is 1. The summed E-state index contributed by atoms with van der Waals surface area (Å²) in [6, 6.07) is 3.53. The van der Waals surface area contributed by atoms with E-state index in [0.29, 0.717) is 11.5 Å². The monoisotopic (exact) mass is 235 g/mol. The number of pyridine rings is 1. The van der Waals surface area contributed by atoms with Crippen molar-refractivity contribution in [2.45, 2.75) is 20.3 Å². The summed E-state index contributed by atoms with van der Waals surface area (Å²) in [7, 11) is 3.81. The topological polar surface area (TPSA) is 45.2 Å². The fraction of sp³-hybridized carbons (Fsp3) is 0.538. The van der Waals surface area contributed by atoms with Gasteiger partial charge in [-0.25, -0.2) is 4.98 Å². The van der Waals surface area contributed by atoms with Crippen LogP contribution in [0.4, 0.5) is 5.82 Å². The van der Waals surface area contributed by atoms with Gasteiger partial charge in [-0.15, -0.1) is 0 Å². The number of nitrogens with one attached hydrogen (secondary N) is 1. The van der Waals surface area contributed by atoms with Crippen molar-refractivity contribution >= 4 is 11.7 Å². The molecule has 17 heavy (non-hydrogen) atoms. The van der Waals surface area contributed by atoms with Crippen LogP contribution in [0.2, 0.25) is 0 Å². The zero-order chi connectivity index (χ0) is 12.8. The first kappa shape index (κ1) is 13.5. The van der Waals surface area contributed by atoms with Crippen molar-refractivity contribution in [2.24, 2.45) is 5.92 Å². The molecule has 0 aliphatic carbocycles. The molecule has 0 radical (unpaired) electrons. The minimum absolute atomic E-state index is 0.0313. The number of anilines is 1. The molecule has 1 N–H and O–H groups in total. The second-order valence-corrected chi connectivity index (χ2v) is 4.74. The predicted molar refractivity (Wildman–Crippen MR) is 70.4 cm³/mol. The lowest BCUT2D eigenvalue weighted by atomic mass is 10.1. The Bertz CT molecular complexity index is 375. The van der Waals surface area contributed by atoms with E-state index in [-0.39, 0.29) is 5.91 Å². The van der Waals surface area contributed by atoms with E-state index in [1.54, 1.807) is 18.3 Å². The maximum Gasteiger partial charge on any atom is 0.251 e. The van der Waals surface area contributed by atoms with Crippen LogP contribution in [-0.2, 0) is 0 Å². The zero-order valence-corrected chi connectivity index (χ0v) is 11.0. The SMILES string of the molecule is CC(C)CCNC(=O)c1ccnc(N(C)C)c1. The summed E-state index contributed by atoms with van der Waals surface area (Å²) < 4.78 is 0. The number of amides is 1. The number of hydrogen-bond acceptors (Lipinski definition) is 3. The highest BCUT2D eigenvalue weighted by atomic mass is 16.1. The van der Waals surface area contributed by atoms with Crippen molar-refractivity contribution in [3.63, 3.8) is 0 Å². The molecule has 0 fully saturated rings. The maximum absolute atomic E-state index is 11.8. The Balaban J connectivity index is 2.59. The van der Waals surface area contributed by atoms with Crippen LogP contribution in [0, 0.1) is 5.92 Å². The maximum atomic E-state index is 11.8. The van der Waals surface area contributed by atoms with E-state index in [4.69, 9.17) is 0 Å². The molecule has 0 unspecified atom stereocenters. The van der Waals surface area contributed by atoms with Crippen LogP contribution in [0.1, 0.15) is 30.6 Å². The molecule has 1 aromatic heterocycles. The van der Waals surface area contributed by atoms with Crippen LogP contribution in [0.3, 0.4) is 0 Å². The third-order valence-corrected chi connectivity index (χ3v) is 2.47. The highest BCUT2D eigenvalue weighted by molar-refractivity contribution is 5.94. The molecule has 94 valence electrons. The van der Waals surface area contributed by atoms with Crippen LogP contribution >= 0.6 is 0 Å². The number of aromatic nitrogens is 1. The van der Waals surface area contributed by atoms with Gasteiger partial charge in [-0.3, -0.25) is 4.79 Å². The minimum Gasteiger partial charge on any atom is -0.363 e. The van der Waals surface area contributed by atoms with E-state index >= 15 is 0 Å². The number of carbonyl (C=O) groups is 1. The Kier molecular flexibility index (Phi) is 4.94. The summed E-state index contributed by atoms with van der Waals surface area (Å²) >= 11 is 0. The fourth-order valence-corrected chi connectivity index (χ4v) is 1.38. The van der Waals surface area contributed by atoms with Gasteiger partial charge in [0.1, 0.15) is 5.82 Å². The summed E-state index contributed by atoms with van der Waals surface area (Å²) in [4.78, 5) is 17.9. The summed E-state index contributed by atoms with van der Waals surface area (Å²) in [5.74, 6) is 1.36. The largest absolute Gasteiger partial charge is 0.363 e. The van der Waals surface area contributed by atoms with Crippen molar-refractivity contribution < 1.29 is 4.79 Å². The normalized spacial score (nSPS) is 10.4. The molecule has 0 spiro atoms. The molecule has 4 nitrogen and oxygen atoms in total. The van der Waals surface area contributed by atoms with Gasteiger partial charge in [-0.1, -0.05) is 13.8 Å². The van der Waals surface area contributed by atoms with Crippen molar-refractivity contribution in [1.82, 2.24) is 10.3 Å². The van der Waals surface area contributed by atoms with Crippen LogP contribution in [-0.4, -0.2) is 31.5 Å². The molecule has 0 aliphatic rings. The standard InChI is InChI=1S/C13H21N3O/c1-10(2)5-7-15-13(17)11-6-8-14-12(9-11)16(3)4/h6,8-10H,5,7H2,1-4H3,(H,15,17). The van der Waals surface area contributed by atoms with Crippen LogP contribution in [0.25, 0.3) is 0 Å². The average Bonchev–Trinajstić information content (AvgIpc) is 2.28. The predicted octanol–water partition coefficient (Wildman–Crippen LogP) is 1.92. The van der Waals surface area contributed by atoms with Crippen LogP contribution in [0.15, 0.2) is 18.3 Å². The first-order chi connectivity index (χ1) is 8.00. The molecule has 0 bridgehead atoms. The van der Waals surface area contributed by atoms with Crippen LogP contribution in [0.5, 0.6) is 0 Å². The summed E-state index contributed by atoms with van der Waals surface area (Å²) in [6.45, 7) is 5.00. The number of hydrogen-bond donors (Lipinski definition) is 1. The van der Waals surface area contributed by atoms with Gasteiger partial charge in [0.25, 0.3) is 5.91 Å². The molecule has 0 saturated carbocycles. The van der Waals surface area contributed by atoms with Gasteiger partial charge in [0.2, 0.25) is 0 Å². The van der Waals surface area contributed by atoms with Gasteiger partial charge in [0.05, 0.1) is 0 Å². The highest BCUT2D eigenvalue weighted by Crippen LogP contribution is 2.09. The van der Waals surface area contributed by atoms with E-state index in [0.717, 1.165) is 18.8 Å². The molecule has 1 amide bonds. The van der Waals surface area contributed by atoms with Gasteiger partial charge in [-0.2, -0.15) is 0 Å². The smallest absolute Gasteiger partial charge is 0.251 e. The van der Waals surface area contributed by atoms with Crippen LogP contribution < -0.4 is 10.2 Å². The molecular weight excluding hydrogens is 214 g/mol. The second kappa shape index (κ2) is 6.23. The Labute approximate surface area is 103 Å². The molecule has 4 heteroatoms. The first-order valence-corrected chi connectivity index (χ1v) is 5.92. The van der Waals surface area contributed by atoms with Crippen molar-refractivity contribution in [2.75, 3.05) is 25.5 Å². The first-order valence-electron chi connectivity index (χ1n) is 5.92. The number of nitrogens with zero attached hydrogens (tertiary/aromatic N) is 2. The van der Waals surface area contributed by atoms with Crippen molar-refractivity contribution in [1.29, 1.82) is 0 Å². The summed E-state index contributed by atoms with van der Waals surface area (Å²) in [6.07, 6.45) is 2.66. The van der Waals surface area contributed by atoms with Crippen molar-refractivity contribution in [3.8, 4) is 0 Å². The Morgan fingerprint density at radius 3 is 2.76 bits per heavy atom. The fourth-order valence-electron chi connectivity index (χ4n) is 1.38. The Morgan fingerprint density at radius 2 is 2.18 bits per heavy atom. The molecular formula is C13H21N3O. The third-order valence-electron chi connectivity index (χ3n) is 2.47. The van der Waals surface area contributed by atoms with E-state index in [1.165, 1.54) is 0 Å². The zero-order valence-electron chi connectivity index (χ0n) is 11.0.